The molecule has 0 aliphatic rings. The van der Waals surface area contributed by atoms with E-state index in [1.54, 1.807) is 12.1 Å². The van der Waals surface area contributed by atoms with Crippen molar-refractivity contribution in [3.8, 4) is 5.75 Å². The predicted octanol–water partition coefficient (Wildman–Crippen LogP) is 4.52. The van der Waals surface area contributed by atoms with E-state index in [0.29, 0.717) is 18.3 Å². The monoisotopic (exact) mass is 224 g/mol. The third kappa shape index (κ3) is 3.22. The molecule has 0 fully saturated rings. The summed E-state index contributed by atoms with van der Waals surface area (Å²) in [4.78, 5) is 0. The largest absolute Gasteiger partial charge is 0.491 e. The minimum Gasteiger partial charge on any atom is -0.491 e. The Kier molecular flexibility index (Phi) is 5.30. The van der Waals surface area contributed by atoms with Crippen LogP contribution in [-0.2, 0) is 0 Å². The molecule has 0 heterocycles. The molecule has 90 valence electrons. The molecule has 0 saturated carbocycles. The molecule has 0 bridgehead atoms. The lowest BCUT2D eigenvalue weighted by molar-refractivity contribution is 0.321. The van der Waals surface area contributed by atoms with Crippen molar-refractivity contribution in [1.82, 2.24) is 0 Å². The molecule has 16 heavy (non-hydrogen) atoms. The first-order valence-corrected chi connectivity index (χ1v) is 6.15. The standard InChI is InChI=1S/C14H21FO/c1-4-7-11(5-2)12-8-9-14(16-6-3)13(15)10-12/h8-11H,4-7H2,1-3H3. The fourth-order valence-corrected chi connectivity index (χ4v) is 2.00. The van der Waals surface area contributed by atoms with Gasteiger partial charge in [0.25, 0.3) is 0 Å². The van der Waals surface area contributed by atoms with Gasteiger partial charge in [0.1, 0.15) is 0 Å². The zero-order valence-electron chi connectivity index (χ0n) is 10.4. The normalized spacial score (nSPS) is 12.5. The van der Waals surface area contributed by atoms with Crippen molar-refractivity contribution in [2.45, 2.75) is 46.0 Å². The number of ether oxygens (including phenoxy) is 1. The van der Waals surface area contributed by atoms with Crippen molar-refractivity contribution < 1.29 is 9.13 Å². The quantitative estimate of drug-likeness (QED) is 0.690. The first kappa shape index (κ1) is 13.0. The summed E-state index contributed by atoms with van der Waals surface area (Å²) in [7, 11) is 0. The second-order valence-corrected chi connectivity index (χ2v) is 4.02. The summed E-state index contributed by atoms with van der Waals surface area (Å²) in [5, 5.41) is 0. The molecule has 0 aromatic heterocycles. The predicted molar refractivity (Wildman–Crippen MR) is 65.5 cm³/mol. The summed E-state index contributed by atoms with van der Waals surface area (Å²) in [6, 6.07) is 5.35. The lowest BCUT2D eigenvalue weighted by Gasteiger charge is -2.15. The molecule has 0 aliphatic heterocycles. The van der Waals surface area contributed by atoms with Crippen LogP contribution < -0.4 is 4.74 Å². The Morgan fingerprint density at radius 3 is 2.50 bits per heavy atom. The molecule has 0 spiro atoms. The fraction of sp³-hybridized carbons (Fsp3) is 0.571. The van der Waals surface area contributed by atoms with Gasteiger partial charge in [-0.05, 0) is 43.4 Å². The molecule has 1 aromatic rings. The molecule has 1 rings (SSSR count). The Morgan fingerprint density at radius 2 is 2.00 bits per heavy atom. The van der Waals surface area contributed by atoms with Gasteiger partial charge in [0.05, 0.1) is 6.61 Å². The maximum Gasteiger partial charge on any atom is 0.165 e. The highest BCUT2D eigenvalue weighted by Crippen LogP contribution is 2.28. The van der Waals surface area contributed by atoms with Gasteiger partial charge in [0.2, 0.25) is 0 Å². The molecule has 1 atom stereocenters. The number of rotatable bonds is 6. The molecule has 0 radical (unpaired) electrons. The highest BCUT2D eigenvalue weighted by atomic mass is 19.1. The fourth-order valence-electron chi connectivity index (χ4n) is 2.00. The van der Waals surface area contributed by atoms with Crippen LogP contribution in [0.3, 0.4) is 0 Å². The van der Waals surface area contributed by atoms with E-state index in [0.717, 1.165) is 24.8 Å². The van der Waals surface area contributed by atoms with Crippen LogP contribution in [0.15, 0.2) is 18.2 Å². The smallest absolute Gasteiger partial charge is 0.165 e. The molecule has 2 heteroatoms. The second-order valence-electron chi connectivity index (χ2n) is 4.02. The highest BCUT2D eigenvalue weighted by Gasteiger charge is 2.11. The molecular weight excluding hydrogens is 203 g/mol. The second kappa shape index (κ2) is 6.51. The van der Waals surface area contributed by atoms with E-state index in [-0.39, 0.29) is 5.82 Å². The first-order chi connectivity index (χ1) is 7.72. The average Bonchev–Trinajstić information content (AvgIpc) is 2.29. The Hall–Kier alpha value is -1.05. The van der Waals surface area contributed by atoms with Gasteiger partial charge in [-0.25, -0.2) is 4.39 Å². The summed E-state index contributed by atoms with van der Waals surface area (Å²) in [6.45, 7) is 6.67. The van der Waals surface area contributed by atoms with Crippen molar-refractivity contribution in [2.75, 3.05) is 6.61 Å². The molecular formula is C14H21FO. The maximum atomic E-state index is 13.6. The Labute approximate surface area is 97.6 Å². The van der Waals surface area contributed by atoms with Gasteiger partial charge in [-0.15, -0.1) is 0 Å². The zero-order chi connectivity index (χ0) is 12.0. The minimum absolute atomic E-state index is 0.242. The van der Waals surface area contributed by atoms with Crippen molar-refractivity contribution in [2.24, 2.45) is 0 Å². The van der Waals surface area contributed by atoms with E-state index in [1.807, 2.05) is 13.0 Å². The Bertz CT molecular complexity index is 323. The lowest BCUT2D eigenvalue weighted by atomic mass is 9.92. The highest BCUT2D eigenvalue weighted by molar-refractivity contribution is 5.31. The topological polar surface area (TPSA) is 9.23 Å². The van der Waals surface area contributed by atoms with Gasteiger partial charge in [-0.2, -0.15) is 0 Å². The van der Waals surface area contributed by atoms with Crippen LogP contribution in [0, 0.1) is 5.82 Å². The van der Waals surface area contributed by atoms with E-state index in [1.165, 1.54) is 0 Å². The third-order valence-electron chi connectivity index (χ3n) is 2.86. The molecule has 1 nitrogen and oxygen atoms in total. The van der Waals surface area contributed by atoms with Gasteiger partial charge in [-0.1, -0.05) is 26.3 Å². The SMILES string of the molecule is CCCC(CC)c1ccc(OCC)c(F)c1. The van der Waals surface area contributed by atoms with Gasteiger partial charge in [-0.3, -0.25) is 0 Å². The van der Waals surface area contributed by atoms with Gasteiger partial charge < -0.3 is 4.74 Å². The summed E-state index contributed by atoms with van der Waals surface area (Å²) in [6.07, 6.45) is 3.30. The molecule has 0 amide bonds. The third-order valence-corrected chi connectivity index (χ3v) is 2.86. The van der Waals surface area contributed by atoms with Crippen LogP contribution in [0.4, 0.5) is 4.39 Å². The van der Waals surface area contributed by atoms with Gasteiger partial charge in [0.15, 0.2) is 11.6 Å². The first-order valence-electron chi connectivity index (χ1n) is 6.15. The summed E-state index contributed by atoms with van der Waals surface area (Å²) >= 11 is 0. The van der Waals surface area contributed by atoms with Crippen molar-refractivity contribution >= 4 is 0 Å². The lowest BCUT2D eigenvalue weighted by Crippen LogP contribution is -2.00. The summed E-state index contributed by atoms with van der Waals surface area (Å²) in [5.74, 6) is 0.585. The van der Waals surface area contributed by atoms with Crippen LogP contribution in [-0.4, -0.2) is 6.61 Å². The molecule has 1 unspecified atom stereocenters. The summed E-state index contributed by atoms with van der Waals surface area (Å²) < 4.78 is 18.8. The summed E-state index contributed by atoms with van der Waals surface area (Å²) in [5.41, 5.74) is 1.09. The Balaban J connectivity index is 2.85. The molecule has 0 N–H and O–H groups in total. The van der Waals surface area contributed by atoms with Crippen molar-refractivity contribution in [3.05, 3.63) is 29.6 Å². The van der Waals surface area contributed by atoms with Gasteiger partial charge in [0, 0.05) is 0 Å². The van der Waals surface area contributed by atoms with Crippen LogP contribution in [0.1, 0.15) is 51.5 Å². The van der Waals surface area contributed by atoms with E-state index in [9.17, 15) is 4.39 Å². The van der Waals surface area contributed by atoms with Crippen LogP contribution >= 0.6 is 0 Å². The van der Waals surface area contributed by atoms with E-state index in [4.69, 9.17) is 4.74 Å². The zero-order valence-corrected chi connectivity index (χ0v) is 10.4. The van der Waals surface area contributed by atoms with Gasteiger partial charge >= 0.3 is 0 Å². The Morgan fingerprint density at radius 1 is 1.25 bits per heavy atom. The van der Waals surface area contributed by atoms with Crippen molar-refractivity contribution in [3.63, 3.8) is 0 Å². The van der Waals surface area contributed by atoms with Crippen LogP contribution in [0.5, 0.6) is 5.75 Å². The maximum absolute atomic E-state index is 13.6. The van der Waals surface area contributed by atoms with E-state index < -0.39 is 0 Å². The van der Waals surface area contributed by atoms with Crippen molar-refractivity contribution in [1.29, 1.82) is 0 Å². The van der Waals surface area contributed by atoms with Crippen LogP contribution in [0.25, 0.3) is 0 Å². The average molecular weight is 224 g/mol. The molecule has 0 aliphatic carbocycles. The van der Waals surface area contributed by atoms with Crippen LogP contribution in [0.2, 0.25) is 0 Å². The number of hydrogen-bond donors (Lipinski definition) is 0. The molecule has 0 saturated heterocycles. The minimum atomic E-state index is -0.242. The number of benzene rings is 1. The number of hydrogen-bond acceptors (Lipinski definition) is 1. The molecule has 1 aromatic carbocycles. The van der Waals surface area contributed by atoms with E-state index >= 15 is 0 Å². The van der Waals surface area contributed by atoms with E-state index in [2.05, 4.69) is 13.8 Å². The number of halogens is 1.